The summed E-state index contributed by atoms with van der Waals surface area (Å²) in [5, 5.41) is 11.0. The number of hydrogen-bond acceptors (Lipinski definition) is 4. The van der Waals surface area contributed by atoms with Gasteiger partial charge in [0, 0.05) is 12.2 Å². The Morgan fingerprint density at radius 3 is 2.50 bits per heavy atom. The van der Waals surface area contributed by atoms with Gasteiger partial charge in [0.15, 0.2) is 0 Å². The zero-order chi connectivity index (χ0) is 18.8. The fourth-order valence-electron chi connectivity index (χ4n) is 2.91. The van der Waals surface area contributed by atoms with Crippen LogP contribution in [-0.4, -0.2) is 35.3 Å². The summed E-state index contributed by atoms with van der Waals surface area (Å²) >= 11 is 0. The lowest BCUT2D eigenvalue weighted by atomic mass is 10.1. The number of benzene rings is 2. The highest BCUT2D eigenvalue weighted by molar-refractivity contribution is 6.52. The van der Waals surface area contributed by atoms with Crippen LogP contribution in [0.1, 0.15) is 26.3 Å². The lowest BCUT2D eigenvalue weighted by Gasteiger charge is -2.12. The number of nitrogens with two attached hydrogens (primary N) is 1. The monoisotopic (exact) mass is 353 g/mol. The molecule has 0 fully saturated rings. The summed E-state index contributed by atoms with van der Waals surface area (Å²) in [6.45, 7) is 0.717. The molecular weight excluding hydrogens is 338 g/mol. The Bertz CT molecular complexity index is 938. The van der Waals surface area contributed by atoms with Crippen LogP contribution >= 0.6 is 0 Å². The van der Waals surface area contributed by atoms with Gasteiger partial charge in [-0.2, -0.15) is 0 Å². The van der Waals surface area contributed by atoms with Crippen LogP contribution in [0.25, 0.3) is 0 Å². The van der Waals surface area contributed by atoms with Gasteiger partial charge in [-0.05, 0) is 30.2 Å². The van der Waals surface area contributed by atoms with Crippen molar-refractivity contribution in [1.29, 1.82) is 0 Å². The number of rotatable bonds is 1. The number of ketones is 1. The molecule has 4 rings (SSSR count). The molecule has 2 heterocycles. The molecule has 0 spiro atoms. The number of carboxylic acid groups (broad SMARTS) is 1. The molecule has 2 aliphatic rings. The lowest BCUT2D eigenvalue weighted by Crippen LogP contribution is -2.33. The van der Waals surface area contributed by atoms with E-state index in [9.17, 15) is 19.2 Å². The fourth-order valence-corrected chi connectivity index (χ4v) is 2.91. The van der Waals surface area contributed by atoms with Gasteiger partial charge in [-0.3, -0.25) is 14.5 Å². The first-order valence-electron chi connectivity index (χ1n) is 7.77. The van der Waals surface area contributed by atoms with Crippen LogP contribution in [0.3, 0.4) is 0 Å². The number of carbonyl (C=O) groups is 4. The molecule has 0 saturated heterocycles. The minimum atomic E-state index is -1.17. The first-order chi connectivity index (χ1) is 12.4. The Morgan fingerprint density at radius 1 is 1.08 bits per heavy atom. The third-order valence-electron chi connectivity index (χ3n) is 4.14. The van der Waals surface area contributed by atoms with Crippen LogP contribution in [0.2, 0.25) is 0 Å². The molecular formula is C18H15N3O5. The molecule has 4 N–H and O–H groups in total. The summed E-state index contributed by atoms with van der Waals surface area (Å²) < 4.78 is 0. The SMILES string of the molecule is NC(=O)N1CCc2ccccc21.O=C1Nc2c(C(=O)O)cccc2C1=O. The first kappa shape index (κ1) is 17.2. The fraction of sp³-hybridized carbons (Fsp3) is 0.111. The van der Waals surface area contributed by atoms with Crippen molar-refractivity contribution in [3.05, 3.63) is 59.2 Å². The number of fused-ring (bicyclic) bond motifs is 2. The number of anilines is 2. The van der Waals surface area contributed by atoms with Gasteiger partial charge in [-0.1, -0.05) is 24.3 Å². The van der Waals surface area contributed by atoms with Crippen LogP contribution in [0.5, 0.6) is 0 Å². The maximum Gasteiger partial charge on any atom is 0.337 e. The maximum absolute atomic E-state index is 11.2. The largest absolute Gasteiger partial charge is 0.478 e. The average molecular weight is 353 g/mol. The highest BCUT2D eigenvalue weighted by Gasteiger charge is 2.31. The van der Waals surface area contributed by atoms with Crippen molar-refractivity contribution in [2.45, 2.75) is 6.42 Å². The number of hydrogen-bond donors (Lipinski definition) is 3. The Hall–Kier alpha value is -3.68. The Morgan fingerprint density at radius 2 is 1.81 bits per heavy atom. The summed E-state index contributed by atoms with van der Waals surface area (Å²) in [4.78, 5) is 45.3. The first-order valence-corrected chi connectivity index (χ1v) is 7.77. The number of primary amides is 1. The van der Waals surface area contributed by atoms with Crippen molar-refractivity contribution in [3.8, 4) is 0 Å². The summed E-state index contributed by atoms with van der Waals surface area (Å²) in [5.41, 5.74) is 7.51. The molecule has 0 saturated carbocycles. The summed E-state index contributed by atoms with van der Waals surface area (Å²) in [6, 6.07) is 11.7. The third kappa shape index (κ3) is 3.00. The Balaban J connectivity index is 0.000000152. The highest BCUT2D eigenvalue weighted by atomic mass is 16.4. The van der Waals surface area contributed by atoms with E-state index in [1.165, 1.54) is 23.8 Å². The molecule has 2 aromatic rings. The zero-order valence-corrected chi connectivity index (χ0v) is 13.6. The van der Waals surface area contributed by atoms with Crippen LogP contribution in [0, 0.1) is 0 Å². The lowest BCUT2D eigenvalue weighted by molar-refractivity contribution is -0.112. The minimum Gasteiger partial charge on any atom is -0.478 e. The van der Waals surface area contributed by atoms with Gasteiger partial charge in [0.1, 0.15) is 0 Å². The van der Waals surface area contributed by atoms with Crippen molar-refractivity contribution >= 4 is 35.1 Å². The van der Waals surface area contributed by atoms with E-state index in [1.807, 2.05) is 24.3 Å². The molecule has 2 aliphatic heterocycles. The number of para-hydroxylation sites is 2. The van der Waals surface area contributed by atoms with E-state index in [2.05, 4.69) is 5.32 Å². The van der Waals surface area contributed by atoms with E-state index in [0.717, 1.165) is 12.1 Å². The van der Waals surface area contributed by atoms with Crippen LogP contribution in [-0.2, 0) is 11.2 Å². The van der Waals surface area contributed by atoms with E-state index in [4.69, 9.17) is 10.8 Å². The van der Waals surface area contributed by atoms with E-state index in [0.29, 0.717) is 6.54 Å². The van der Waals surface area contributed by atoms with Crippen molar-refractivity contribution in [2.24, 2.45) is 5.73 Å². The molecule has 0 atom stereocenters. The number of nitrogens with one attached hydrogen (secondary N) is 1. The van der Waals surface area contributed by atoms with Gasteiger partial charge >= 0.3 is 12.0 Å². The summed E-state index contributed by atoms with van der Waals surface area (Å²) in [6.07, 6.45) is 0.916. The molecule has 0 aliphatic carbocycles. The van der Waals surface area contributed by atoms with Gasteiger partial charge in [0.2, 0.25) is 0 Å². The molecule has 8 nitrogen and oxygen atoms in total. The molecule has 0 radical (unpaired) electrons. The number of aromatic carboxylic acids is 1. The van der Waals surface area contributed by atoms with Crippen LogP contribution in [0.4, 0.5) is 16.2 Å². The standard InChI is InChI=1S/C9H10N2O.C9H5NO4/c10-9(12)11-6-5-7-3-1-2-4-8(7)11;11-7-4-2-1-3-5(9(13)14)6(4)10-8(7)12/h1-4H,5-6H2,(H2,10,12);1-3H,(H,13,14)(H,10,11,12). The van der Waals surface area contributed by atoms with Crippen molar-refractivity contribution in [1.82, 2.24) is 0 Å². The Kier molecular flexibility index (Phi) is 4.40. The van der Waals surface area contributed by atoms with Gasteiger partial charge in [-0.25, -0.2) is 9.59 Å². The van der Waals surface area contributed by atoms with Crippen LogP contribution < -0.4 is 16.0 Å². The second kappa shape index (κ2) is 6.67. The average Bonchev–Trinajstić information content (AvgIpc) is 3.17. The topological polar surface area (TPSA) is 130 Å². The van der Waals surface area contributed by atoms with Gasteiger partial charge in [-0.15, -0.1) is 0 Å². The molecule has 0 bridgehead atoms. The molecule has 0 aromatic heterocycles. The van der Waals surface area contributed by atoms with Crippen molar-refractivity contribution in [2.75, 3.05) is 16.8 Å². The van der Waals surface area contributed by atoms with E-state index in [-0.39, 0.29) is 22.8 Å². The van der Waals surface area contributed by atoms with E-state index >= 15 is 0 Å². The molecule has 2 aromatic carbocycles. The second-order valence-corrected chi connectivity index (χ2v) is 5.69. The second-order valence-electron chi connectivity index (χ2n) is 5.69. The normalized spacial score (nSPS) is 14.1. The summed E-state index contributed by atoms with van der Waals surface area (Å²) in [7, 11) is 0. The van der Waals surface area contributed by atoms with Gasteiger partial charge < -0.3 is 16.2 Å². The molecule has 8 heteroatoms. The maximum atomic E-state index is 11.2. The van der Waals surface area contributed by atoms with Crippen molar-refractivity contribution < 1.29 is 24.3 Å². The number of carbonyl (C=O) groups excluding carboxylic acids is 3. The number of Topliss-reactive ketones (excluding diaryl/α,β-unsaturated/α-hetero) is 1. The molecule has 26 heavy (non-hydrogen) atoms. The Labute approximate surface area is 148 Å². The van der Waals surface area contributed by atoms with Gasteiger partial charge in [0.25, 0.3) is 11.7 Å². The molecule has 3 amide bonds. The third-order valence-corrected chi connectivity index (χ3v) is 4.14. The predicted octanol–water partition coefficient (Wildman–Crippen LogP) is 1.65. The van der Waals surface area contributed by atoms with E-state index < -0.39 is 17.7 Å². The van der Waals surface area contributed by atoms with Crippen molar-refractivity contribution in [3.63, 3.8) is 0 Å². The quantitative estimate of drug-likeness (QED) is 0.671. The number of urea groups is 1. The molecule has 0 unspecified atom stereocenters. The predicted molar refractivity (Wildman–Crippen MR) is 93.4 cm³/mol. The highest BCUT2D eigenvalue weighted by Crippen LogP contribution is 2.27. The van der Waals surface area contributed by atoms with E-state index in [1.54, 1.807) is 4.90 Å². The molecule has 132 valence electrons. The number of amides is 3. The van der Waals surface area contributed by atoms with Crippen LogP contribution in [0.15, 0.2) is 42.5 Å². The summed E-state index contributed by atoms with van der Waals surface area (Å²) in [5.74, 6) is -2.64. The zero-order valence-electron chi connectivity index (χ0n) is 13.6. The number of nitrogens with zero attached hydrogens (tertiary/aromatic N) is 1. The van der Waals surface area contributed by atoms with Gasteiger partial charge in [0.05, 0.1) is 16.8 Å². The smallest absolute Gasteiger partial charge is 0.337 e. The minimum absolute atomic E-state index is 0.0679. The number of carboxylic acids is 1.